The van der Waals surface area contributed by atoms with Crippen LogP contribution in [0, 0.1) is 0 Å². The predicted octanol–water partition coefficient (Wildman–Crippen LogP) is 15.0. The molecule has 54 heavy (non-hydrogen) atoms. The summed E-state index contributed by atoms with van der Waals surface area (Å²) in [7, 11) is 0. The molecular formula is C52H33NO. The molecule has 0 N–H and O–H groups in total. The Morgan fingerprint density at radius 1 is 0.296 bits per heavy atom. The lowest BCUT2D eigenvalue weighted by atomic mass is 9.94. The van der Waals surface area contributed by atoms with E-state index in [0.29, 0.717) is 0 Å². The van der Waals surface area contributed by atoms with Gasteiger partial charge in [0, 0.05) is 27.5 Å². The minimum atomic E-state index is 0.903. The second kappa shape index (κ2) is 12.2. The van der Waals surface area contributed by atoms with E-state index in [4.69, 9.17) is 4.42 Å². The average Bonchev–Trinajstić information content (AvgIpc) is 3.62. The minimum Gasteiger partial charge on any atom is -0.456 e. The molecule has 1 aromatic heterocycles. The Morgan fingerprint density at radius 2 is 0.889 bits per heavy atom. The number of rotatable bonds is 5. The fraction of sp³-hybridized carbons (Fsp3) is 0. The van der Waals surface area contributed by atoms with Gasteiger partial charge in [-0.25, -0.2) is 0 Å². The first-order valence-corrected chi connectivity index (χ1v) is 18.5. The maximum absolute atomic E-state index is 6.17. The van der Waals surface area contributed by atoms with Crippen LogP contribution in [0.1, 0.15) is 0 Å². The zero-order valence-electron chi connectivity index (χ0n) is 29.4. The Bertz CT molecular complexity index is 3230. The Labute approximate surface area is 312 Å². The van der Waals surface area contributed by atoms with E-state index in [9.17, 15) is 0 Å². The summed E-state index contributed by atoms with van der Waals surface area (Å²) in [6.07, 6.45) is 0. The second-order valence-corrected chi connectivity index (χ2v) is 14.1. The average molecular weight is 688 g/mol. The molecule has 0 spiro atoms. The molecule has 11 rings (SSSR count). The SMILES string of the molecule is c1cc(-c2ccc3oc4ccccc4c3c2)cc(N(c2ccc(-c3cccc4c3ccc3ccccc34)cc2)c2cccc3c2ccc2ccccc23)c1. The molecule has 2 nitrogen and oxygen atoms in total. The van der Waals surface area contributed by atoms with Gasteiger partial charge in [-0.1, -0.05) is 152 Å². The van der Waals surface area contributed by atoms with E-state index in [1.807, 2.05) is 12.1 Å². The van der Waals surface area contributed by atoms with Crippen molar-refractivity contribution >= 4 is 82.1 Å². The Kier molecular flexibility index (Phi) is 6.90. The molecule has 0 aliphatic rings. The Balaban J connectivity index is 1.08. The van der Waals surface area contributed by atoms with Gasteiger partial charge in [0.2, 0.25) is 0 Å². The Hall–Kier alpha value is -7.16. The first-order valence-electron chi connectivity index (χ1n) is 18.5. The fourth-order valence-electron chi connectivity index (χ4n) is 8.46. The third kappa shape index (κ3) is 4.88. The number of anilines is 3. The van der Waals surface area contributed by atoms with E-state index in [1.165, 1.54) is 54.2 Å². The van der Waals surface area contributed by atoms with Crippen molar-refractivity contribution in [3.8, 4) is 22.3 Å². The van der Waals surface area contributed by atoms with Gasteiger partial charge in [0.25, 0.3) is 0 Å². The second-order valence-electron chi connectivity index (χ2n) is 14.1. The summed E-state index contributed by atoms with van der Waals surface area (Å²) in [6, 6.07) is 72.4. The third-order valence-corrected chi connectivity index (χ3v) is 11.0. The quantitative estimate of drug-likeness (QED) is 0.168. The van der Waals surface area contributed by atoms with Crippen LogP contribution in [0.5, 0.6) is 0 Å². The number of fused-ring (bicyclic) bond motifs is 9. The molecule has 0 radical (unpaired) electrons. The number of hydrogen-bond donors (Lipinski definition) is 0. The van der Waals surface area contributed by atoms with E-state index < -0.39 is 0 Å². The van der Waals surface area contributed by atoms with Crippen molar-refractivity contribution in [2.24, 2.45) is 0 Å². The molecule has 11 aromatic rings. The molecule has 0 saturated heterocycles. The van der Waals surface area contributed by atoms with Gasteiger partial charge in [-0.05, 0) is 108 Å². The molecular weight excluding hydrogens is 655 g/mol. The monoisotopic (exact) mass is 687 g/mol. The maximum atomic E-state index is 6.17. The number of para-hydroxylation sites is 1. The molecule has 0 atom stereocenters. The van der Waals surface area contributed by atoms with Crippen LogP contribution < -0.4 is 4.90 Å². The lowest BCUT2D eigenvalue weighted by Crippen LogP contribution is -2.10. The van der Waals surface area contributed by atoms with Gasteiger partial charge in [-0.15, -0.1) is 0 Å². The standard InChI is InChI=1S/C52H33NO/c1-3-14-41-34(10-1)24-29-46-43(17-8-18-44(41)46)36-22-27-39(28-23-36)53(50-20-9-19-45-42-15-4-2-11-35(42)25-30-47(45)50)40-13-7-12-37(32-40)38-26-31-52-49(33-38)48-16-5-6-21-51(48)54-52/h1-33H. The molecule has 0 aliphatic heterocycles. The van der Waals surface area contributed by atoms with Crippen LogP contribution >= 0.6 is 0 Å². The predicted molar refractivity (Wildman–Crippen MR) is 229 cm³/mol. The molecule has 0 bridgehead atoms. The van der Waals surface area contributed by atoms with E-state index in [1.54, 1.807) is 0 Å². The first kappa shape index (κ1) is 30.5. The normalized spacial score (nSPS) is 11.7. The summed E-state index contributed by atoms with van der Waals surface area (Å²) in [5, 5.41) is 12.3. The van der Waals surface area contributed by atoms with Crippen LogP contribution in [-0.4, -0.2) is 0 Å². The molecule has 10 aromatic carbocycles. The molecule has 0 saturated carbocycles. The van der Waals surface area contributed by atoms with E-state index in [0.717, 1.165) is 50.1 Å². The number of nitrogens with zero attached hydrogens (tertiary/aromatic N) is 1. The van der Waals surface area contributed by atoms with Gasteiger partial charge in [0.15, 0.2) is 0 Å². The lowest BCUT2D eigenvalue weighted by molar-refractivity contribution is 0.669. The van der Waals surface area contributed by atoms with Gasteiger partial charge >= 0.3 is 0 Å². The fourth-order valence-corrected chi connectivity index (χ4v) is 8.46. The highest BCUT2D eigenvalue weighted by atomic mass is 16.3. The molecule has 2 heteroatoms. The number of hydrogen-bond acceptors (Lipinski definition) is 2. The van der Waals surface area contributed by atoms with E-state index >= 15 is 0 Å². The van der Waals surface area contributed by atoms with Crippen LogP contribution in [0.3, 0.4) is 0 Å². The van der Waals surface area contributed by atoms with Gasteiger partial charge in [0.1, 0.15) is 11.2 Å². The summed E-state index contributed by atoms with van der Waals surface area (Å²) in [4.78, 5) is 2.41. The molecule has 1 heterocycles. The van der Waals surface area contributed by atoms with Crippen LogP contribution in [0.4, 0.5) is 17.1 Å². The molecule has 0 unspecified atom stereocenters. The molecule has 0 aliphatic carbocycles. The zero-order chi connectivity index (χ0) is 35.6. The summed E-state index contributed by atoms with van der Waals surface area (Å²) < 4.78 is 6.17. The summed E-state index contributed by atoms with van der Waals surface area (Å²) in [5.74, 6) is 0. The largest absolute Gasteiger partial charge is 0.456 e. The van der Waals surface area contributed by atoms with Crippen molar-refractivity contribution in [1.29, 1.82) is 0 Å². The lowest BCUT2D eigenvalue weighted by Gasteiger charge is -2.28. The van der Waals surface area contributed by atoms with Crippen molar-refractivity contribution in [3.63, 3.8) is 0 Å². The number of benzene rings is 10. The first-order chi connectivity index (χ1) is 26.8. The van der Waals surface area contributed by atoms with E-state index in [2.05, 4.69) is 193 Å². The summed E-state index contributed by atoms with van der Waals surface area (Å²) >= 11 is 0. The van der Waals surface area contributed by atoms with Crippen LogP contribution in [-0.2, 0) is 0 Å². The van der Waals surface area contributed by atoms with Gasteiger partial charge in [-0.3, -0.25) is 0 Å². The maximum Gasteiger partial charge on any atom is 0.135 e. The Morgan fingerprint density at radius 3 is 1.69 bits per heavy atom. The van der Waals surface area contributed by atoms with E-state index in [-0.39, 0.29) is 0 Å². The van der Waals surface area contributed by atoms with Gasteiger partial charge in [-0.2, -0.15) is 0 Å². The van der Waals surface area contributed by atoms with Gasteiger partial charge in [0.05, 0.1) is 5.69 Å². The topological polar surface area (TPSA) is 16.4 Å². The van der Waals surface area contributed by atoms with Crippen LogP contribution in [0.15, 0.2) is 205 Å². The molecule has 0 amide bonds. The summed E-state index contributed by atoms with van der Waals surface area (Å²) in [6.45, 7) is 0. The highest BCUT2D eigenvalue weighted by Crippen LogP contribution is 2.43. The van der Waals surface area contributed by atoms with Crippen LogP contribution in [0.2, 0.25) is 0 Å². The zero-order valence-corrected chi connectivity index (χ0v) is 29.4. The van der Waals surface area contributed by atoms with Crippen molar-refractivity contribution in [3.05, 3.63) is 200 Å². The van der Waals surface area contributed by atoms with Crippen molar-refractivity contribution < 1.29 is 4.42 Å². The number of furan rings is 1. The van der Waals surface area contributed by atoms with Crippen molar-refractivity contribution in [1.82, 2.24) is 0 Å². The summed E-state index contributed by atoms with van der Waals surface area (Å²) in [5.41, 5.74) is 9.86. The molecule has 0 fully saturated rings. The van der Waals surface area contributed by atoms with Crippen molar-refractivity contribution in [2.45, 2.75) is 0 Å². The highest BCUT2D eigenvalue weighted by Gasteiger charge is 2.18. The van der Waals surface area contributed by atoms with Crippen LogP contribution in [0.25, 0.3) is 87.3 Å². The highest BCUT2D eigenvalue weighted by molar-refractivity contribution is 6.14. The van der Waals surface area contributed by atoms with Crippen molar-refractivity contribution in [2.75, 3.05) is 4.90 Å². The third-order valence-electron chi connectivity index (χ3n) is 11.0. The van der Waals surface area contributed by atoms with Gasteiger partial charge < -0.3 is 9.32 Å². The molecule has 252 valence electrons. The minimum absolute atomic E-state index is 0.903. The smallest absolute Gasteiger partial charge is 0.135 e.